The summed E-state index contributed by atoms with van der Waals surface area (Å²) < 4.78 is 0. The minimum Gasteiger partial charge on any atom is -0.371 e. The van der Waals surface area contributed by atoms with Crippen LogP contribution in [0.5, 0.6) is 0 Å². The first-order valence-electron chi connectivity index (χ1n) is 9.00. The second-order valence-corrected chi connectivity index (χ2v) is 7.54. The van der Waals surface area contributed by atoms with E-state index < -0.39 is 0 Å². The molecule has 2 N–H and O–H groups in total. The lowest BCUT2D eigenvalue weighted by atomic mass is 9.91. The van der Waals surface area contributed by atoms with Crippen LogP contribution in [0, 0.1) is 25.7 Å². The molecule has 2 unspecified atom stereocenters. The van der Waals surface area contributed by atoms with Crippen LogP contribution >= 0.6 is 0 Å². The number of anilines is 1. The summed E-state index contributed by atoms with van der Waals surface area (Å²) in [5.74, 6) is 1.50. The van der Waals surface area contributed by atoms with Gasteiger partial charge in [0.15, 0.2) is 0 Å². The predicted molar refractivity (Wildman–Crippen MR) is 102 cm³/mol. The number of hydrogen-bond acceptors (Lipinski definition) is 3. The Labute approximate surface area is 145 Å². The van der Waals surface area contributed by atoms with Crippen molar-refractivity contribution >= 4 is 5.69 Å². The van der Waals surface area contributed by atoms with E-state index in [1.165, 1.54) is 28.8 Å². The predicted octanol–water partition coefficient (Wildman–Crippen LogP) is 4.31. The van der Waals surface area contributed by atoms with Crippen LogP contribution in [0.15, 0.2) is 30.3 Å². The molecule has 0 bridgehead atoms. The summed E-state index contributed by atoms with van der Waals surface area (Å²) in [4.78, 5) is 7.00. The minimum absolute atomic E-state index is 0.558. The molecule has 1 aromatic heterocycles. The molecule has 2 atom stereocenters. The largest absolute Gasteiger partial charge is 0.371 e. The summed E-state index contributed by atoms with van der Waals surface area (Å²) in [5, 5.41) is 0. The van der Waals surface area contributed by atoms with E-state index in [1.54, 1.807) is 0 Å². The minimum atomic E-state index is 0.558. The number of nitrogens with zero attached hydrogens (tertiary/aromatic N) is 2. The lowest BCUT2D eigenvalue weighted by molar-refractivity contribution is 0.357. The van der Waals surface area contributed by atoms with Gasteiger partial charge in [0.2, 0.25) is 0 Å². The Kier molecular flexibility index (Phi) is 4.91. The Hall–Kier alpha value is -1.87. The van der Waals surface area contributed by atoms with Crippen LogP contribution in [-0.2, 0) is 6.54 Å². The van der Waals surface area contributed by atoms with E-state index in [4.69, 9.17) is 5.73 Å². The Balaban J connectivity index is 1.96. The summed E-state index contributed by atoms with van der Waals surface area (Å²) in [7, 11) is 0. The van der Waals surface area contributed by atoms with Crippen LogP contribution in [-0.4, -0.2) is 18.1 Å². The average molecular weight is 323 g/mol. The van der Waals surface area contributed by atoms with Gasteiger partial charge in [0.05, 0.1) is 0 Å². The molecule has 1 aromatic carbocycles. The Bertz CT molecular complexity index is 693. The summed E-state index contributed by atoms with van der Waals surface area (Å²) in [6.07, 6.45) is 1.33. The fourth-order valence-corrected chi connectivity index (χ4v) is 4.09. The van der Waals surface area contributed by atoms with Crippen LogP contribution in [0.25, 0.3) is 11.1 Å². The number of benzene rings is 1. The Morgan fingerprint density at radius 1 is 1.04 bits per heavy atom. The number of nitrogens with two attached hydrogens (primary N) is 1. The molecule has 1 aliphatic heterocycles. The highest BCUT2D eigenvalue weighted by Crippen LogP contribution is 2.31. The van der Waals surface area contributed by atoms with Crippen LogP contribution in [0.1, 0.15) is 37.2 Å². The van der Waals surface area contributed by atoms with Gasteiger partial charge in [-0.25, -0.2) is 0 Å². The van der Waals surface area contributed by atoms with Gasteiger partial charge >= 0.3 is 0 Å². The normalized spacial score (nSPS) is 21.1. The van der Waals surface area contributed by atoms with E-state index >= 15 is 0 Å². The van der Waals surface area contributed by atoms with Crippen molar-refractivity contribution in [3.05, 3.63) is 47.3 Å². The number of piperidine rings is 1. The molecule has 1 saturated heterocycles. The topological polar surface area (TPSA) is 42.1 Å². The third-order valence-corrected chi connectivity index (χ3v) is 4.94. The Morgan fingerprint density at radius 2 is 1.67 bits per heavy atom. The smallest absolute Gasteiger partial charge is 0.0382 e. The SMILES string of the molecule is Cc1cc(-c2ccc(N3CC(C)CC(C)C3)cc2CN)cc(C)n1. The van der Waals surface area contributed by atoms with Crippen molar-refractivity contribution in [1.82, 2.24) is 4.98 Å². The maximum Gasteiger partial charge on any atom is 0.0382 e. The van der Waals surface area contributed by atoms with E-state index in [2.05, 4.69) is 54.1 Å². The highest BCUT2D eigenvalue weighted by atomic mass is 15.1. The van der Waals surface area contributed by atoms with Crippen molar-refractivity contribution in [3.63, 3.8) is 0 Å². The van der Waals surface area contributed by atoms with E-state index in [-0.39, 0.29) is 0 Å². The zero-order valence-corrected chi connectivity index (χ0v) is 15.3. The maximum atomic E-state index is 6.08. The monoisotopic (exact) mass is 323 g/mol. The summed E-state index contributed by atoms with van der Waals surface area (Å²) in [6, 6.07) is 11.1. The molecule has 0 radical (unpaired) electrons. The van der Waals surface area contributed by atoms with Crippen molar-refractivity contribution < 1.29 is 0 Å². The third kappa shape index (κ3) is 3.62. The fraction of sp³-hybridized carbons (Fsp3) is 0.476. The lowest BCUT2D eigenvalue weighted by Crippen LogP contribution is -2.38. The molecular formula is C21H29N3. The number of hydrogen-bond donors (Lipinski definition) is 1. The first kappa shape index (κ1) is 17.0. The summed E-state index contributed by atoms with van der Waals surface area (Å²) in [5.41, 5.74) is 13.1. The maximum absolute atomic E-state index is 6.08. The molecule has 0 spiro atoms. The van der Waals surface area contributed by atoms with Gasteiger partial charge in [-0.15, -0.1) is 0 Å². The zero-order chi connectivity index (χ0) is 17.3. The molecule has 1 aliphatic rings. The highest BCUT2D eigenvalue weighted by Gasteiger charge is 2.22. The molecule has 0 amide bonds. The number of pyridine rings is 1. The molecule has 2 aromatic rings. The molecule has 3 heteroatoms. The molecule has 2 heterocycles. The van der Waals surface area contributed by atoms with Crippen molar-refractivity contribution in [2.24, 2.45) is 17.6 Å². The standard InChI is InChI=1S/C21H29N3/c1-14-7-15(2)13-24(12-14)20-5-6-21(19(10-20)11-22)18-8-16(3)23-17(4)9-18/h5-6,8-10,14-15H,7,11-13,22H2,1-4H3. The van der Waals surface area contributed by atoms with Crippen LogP contribution in [0.2, 0.25) is 0 Å². The van der Waals surface area contributed by atoms with Crippen molar-refractivity contribution in [3.8, 4) is 11.1 Å². The number of aryl methyl sites for hydroxylation is 2. The van der Waals surface area contributed by atoms with Gasteiger partial charge in [-0.05, 0) is 73.1 Å². The molecule has 3 rings (SSSR count). The van der Waals surface area contributed by atoms with Crippen molar-refractivity contribution in [2.75, 3.05) is 18.0 Å². The fourth-order valence-electron chi connectivity index (χ4n) is 4.09. The van der Waals surface area contributed by atoms with E-state index in [0.29, 0.717) is 6.54 Å². The molecule has 0 aliphatic carbocycles. The molecule has 0 saturated carbocycles. The second-order valence-electron chi connectivity index (χ2n) is 7.54. The van der Waals surface area contributed by atoms with E-state index in [0.717, 1.165) is 36.3 Å². The number of aromatic nitrogens is 1. The van der Waals surface area contributed by atoms with Gasteiger partial charge in [0.1, 0.15) is 0 Å². The molecule has 1 fully saturated rings. The van der Waals surface area contributed by atoms with E-state index in [1.807, 2.05) is 13.8 Å². The number of rotatable bonds is 3. The second kappa shape index (κ2) is 6.94. The van der Waals surface area contributed by atoms with Gasteiger partial charge in [-0.2, -0.15) is 0 Å². The molecule has 128 valence electrons. The quantitative estimate of drug-likeness (QED) is 0.915. The first-order chi connectivity index (χ1) is 11.5. The lowest BCUT2D eigenvalue weighted by Gasteiger charge is -2.37. The highest BCUT2D eigenvalue weighted by molar-refractivity contribution is 5.71. The van der Waals surface area contributed by atoms with Crippen LogP contribution in [0.4, 0.5) is 5.69 Å². The average Bonchev–Trinajstić information content (AvgIpc) is 2.52. The third-order valence-electron chi connectivity index (χ3n) is 4.94. The molecule has 3 nitrogen and oxygen atoms in total. The van der Waals surface area contributed by atoms with Crippen LogP contribution < -0.4 is 10.6 Å². The first-order valence-corrected chi connectivity index (χ1v) is 9.00. The summed E-state index contributed by atoms with van der Waals surface area (Å²) >= 11 is 0. The molecular weight excluding hydrogens is 294 g/mol. The molecule has 24 heavy (non-hydrogen) atoms. The van der Waals surface area contributed by atoms with Gasteiger partial charge in [-0.3, -0.25) is 4.98 Å². The van der Waals surface area contributed by atoms with Crippen LogP contribution in [0.3, 0.4) is 0 Å². The van der Waals surface area contributed by atoms with Gasteiger partial charge in [0, 0.05) is 36.7 Å². The van der Waals surface area contributed by atoms with Crippen molar-refractivity contribution in [1.29, 1.82) is 0 Å². The van der Waals surface area contributed by atoms with Gasteiger partial charge in [0.25, 0.3) is 0 Å². The van der Waals surface area contributed by atoms with Crippen molar-refractivity contribution in [2.45, 2.75) is 40.7 Å². The zero-order valence-electron chi connectivity index (χ0n) is 15.3. The Morgan fingerprint density at radius 3 is 2.25 bits per heavy atom. The van der Waals surface area contributed by atoms with Gasteiger partial charge in [-0.1, -0.05) is 19.9 Å². The van der Waals surface area contributed by atoms with E-state index in [9.17, 15) is 0 Å². The summed E-state index contributed by atoms with van der Waals surface area (Å²) in [6.45, 7) is 11.6. The van der Waals surface area contributed by atoms with Gasteiger partial charge < -0.3 is 10.6 Å².